The number of pyridine rings is 1. The van der Waals surface area contributed by atoms with E-state index < -0.39 is 17.4 Å². The third-order valence-electron chi connectivity index (χ3n) is 4.81. The van der Waals surface area contributed by atoms with E-state index in [0.29, 0.717) is 50.5 Å². The van der Waals surface area contributed by atoms with E-state index in [2.05, 4.69) is 10.3 Å². The normalized spacial score (nSPS) is 18.7. The van der Waals surface area contributed by atoms with Crippen molar-refractivity contribution in [2.24, 2.45) is 0 Å². The Hall–Kier alpha value is -2.58. The van der Waals surface area contributed by atoms with Gasteiger partial charge in [0.25, 0.3) is 5.91 Å². The second-order valence-corrected chi connectivity index (χ2v) is 6.58. The van der Waals surface area contributed by atoms with Crippen LogP contribution in [0.5, 0.6) is 0 Å². The Bertz CT molecular complexity index is 846. The molecule has 8 heteroatoms. The summed E-state index contributed by atoms with van der Waals surface area (Å²) >= 11 is 0. The van der Waals surface area contributed by atoms with E-state index in [1.54, 1.807) is 17.0 Å². The van der Waals surface area contributed by atoms with Crippen molar-refractivity contribution in [3.05, 3.63) is 53.9 Å². The van der Waals surface area contributed by atoms with Gasteiger partial charge in [-0.1, -0.05) is 0 Å². The summed E-state index contributed by atoms with van der Waals surface area (Å²) in [5.74, 6) is -2.58. The van der Waals surface area contributed by atoms with E-state index in [-0.39, 0.29) is 11.6 Å². The van der Waals surface area contributed by atoms with Crippen molar-refractivity contribution in [1.29, 1.82) is 0 Å². The molecule has 0 aliphatic carbocycles. The number of anilines is 2. The van der Waals surface area contributed by atoms with Gasteiger partial charge in [-0.3, -0.25) is 9.78 Å². The van der Waals surface area contributed by atoms with Gasteiger partial charge >= 0.3 is 0 Å². The first-order valence-electron chi connectivity index (χ1n) is 8.80. The number of benzene rings is 1. The number of piperidine rings is 1. The number of carbonyl (C=O) groups excluding carboxylic acids is 1. The van der Waals surface area contributed by atoms with Crippen molar-refractivity contribution in [2.45, 2.75) is 18.6 Å². The fourth-order valence-corrected chi connectivity index (χ4v) is 3.36. The first-order valence-corrected chi connectivity index (χ1v) is 8.80. The average Bonchev–Trinajstić information content (AvgIpc) is 3.13. The van der Waals surface area contributed by atoms with Gasteiger partial charge in [-0.25, -0.2) is 8.78 Å². The summed E-state index contributed by atoms with van der Waals surface area (Å²) in [6.45, 7) is 2.24. The number of amides is 1. The van der Waals surface area contributed by atoms with Gasteiger partial charge < -0.3 is 19.7 Å². The molecular formula is C19H19F2N3O3. The van der Waals surface area contributed by atoms with Crippen LogP contribution in [0.25, 0.3) is 0 Å². The number of aromatic nitrogens is 1. The molecule has 0 unspecified atom stereocenters. The Balaban J connectivity index is 1.44. The third-order valence-corrected chi connectivity index (χ3v) is 4.81. The molecule has 3 heterocycles. The minimum atomic E-state index is -0.941. The molecule has 0 saturated carbocycles. The zero-order valence-electron chi connectivity index (χ0n) is 14.6. The highest BCUT2D eigenvalue weighted by molar-refractivity contribution is 5.93. The number of hydrogen-bond acceptors (Lipinski definition) is 5. The van der Waals surface area contributed by atoms with Crippen LogP contribution in [-0.4, -0.2) is 47.9 Å². The van der Waals surface area contributed by atoms with Crippen LogP contribution in [-0.2, 0) is 9.47 Å². The van der Waals surface area contributed by atoms with Gasteiger partial charge in [-0.15, -0.1) is 0 Å². The van der Waals surface area contributed by atoms with Crippen LogP contribution < -0.4 is 5.32 Å². The Labute approximate surface area is 155 Å². The molecule has 1 aromatic heterocycles. The SMILES string of the molecule is O=C(c1cc(Nc2ccc(F)c(F)c2)ccn1)N1CCC2(CC1)OCCO2. The van der Waals surface area contributed by atoms with Crippen molar-refractivity contribution < 1.29 is 23.0 Å². The van der Waals surface area contributed by atoms with Crippen molar-refractivity contribution in [1.82, 2.24) is 9.88 Å². The molecule has 6 nitrogen and oxygen atoms in total. The largest absolute Gasteiger partial charge is 0.355 e. The molecule has 1 spiro atoms. The van der Waals surface area contributed by atoms with Crippen molar-refractivity contribution in [3.63, 3.8) is 0 Å². The van der Waals surface area contributed by atoms with Crippen LogP contribution in [0, 0.1) is 11.6 Å². The lowest BCUT2D eigenvalue weighted by Gasteiger charge is -2.37. The summed E-state index contributed by atoms with van der Waals surface area (Å²) < 4.78 is 37.7. The molecule has 0 bridgehead atoms. The third kappa shape index (κ3) is 3.77. The Morgan fingerprint density at radius 3 is 2.44 bits per heavy atom. The molecule has 142 valence electrons. The topological polar surface area (TPSA) is 63.7 Å². The maximum Gasteiger partial charge on any atom is 0.272 e. The first kappa shape index (κ1) is 17.8. The maximum atomic E-state index is 13.3. The minimum absolute atomic E-state index is 0.184. The molecule has 2 saturated heterocycles. The molecule has 1 N–H and O–H groups in total. The van der Waals surface area contributed by atoms with Gasteiger partial charge in [-0.2, -0.15) is 0 Å². The molecule has 4 rings (SSSR count). The van der Waals surface area contributed by atoms with E-state index in [1.807, 2.05) is 0 Å². The van der Waals surface area contributed by atoms with Crippen LogP contribution in [0.3, 0.4) is 0 Å². The Morgan fingerprint density at radius 2 is 1.74 bits per heavy atom. The summed E-state index contributed by atoms with van der Waals surface area (Å²) in [7, 11) is 0. The molecule has 2 aliphatic rings. The van der Waals surface area contributed by atoms with E-state index in [4.69, 9.17) is 9.47 Å². The number of carbonyl (C=O) groups is 1. The monoisotopic (exact) mass is 375 g/mol. The lowest BCUT2D eigenvalue weighted by Crippen LogP contribution is -2.47. The number of nitrogens with one attached hydrogen (secondary N) is 1. The zero-order valence-corrected chi connectivity index (χ0v) is 14.6. The van der Waals surface area contributed by atoms with E-state index in [1.165, 1.54) is 12.3 Å². The quantitative estimate of drug-likeness (QED) is 0.893. The summed E-state index contributed by atoms with van der Waals surface area (Å²) in [5.41, 5.74) is 1.23. The van der Waals surface area contributed by atoms with Crippen LogP contribution >= 0.6 is 0 Å². The van der Waals surface area contributed by atoms with E-state index >= 15 is 0 Å². The van der Waals surface area contributed by atoms with Crippen LogP contribution in [0.1, 0.15) is 23.3 Å². The number of hydrogen-bond donors (Lipinski definition) is 1. The molecule has 1 aromatic carbocycles. The minimum Gasteiger partial charge on any atom is -0.355 e. The number of likely N-dealkylation sites (tertiary alicyclic amines) is 1. The summed E-state index contributed by atoms with van der Waals surface area (Å²) in [6.07, 6.45) is 2.77. The number of rotatable bonds is 3. The number of ether oxygens (including phenoxy) is 2. The van der Waals surface area contributed by atoms with Gasteiger partial charge in [0.15, 0.2) is 17.4 Å². The van der Waals surface area contributed by atoms with Gasteiger partial charge in [-0.05, 0) is 24.3 Å². The fraction of sp³-hybridized carbons (Fsp3) is 0.368. The van der Waals surface area contributed by atoms with Crippen molar-refractivity contribution in [3.8, 4) is 0 Å². The van der Waals surface area contributed by atoms with Crippen LogP contribution in [0.15, 0.2) is 36.5 Å². The lowest BCUT2D eigenvalue weighted by atomic mass is 10.0. The van der Waals surface area contributed by atoms with Gasteiger partial charge in [0.2, 0.25) is 0 Å². The Morgan fingerprint density at radius 1 is 1.04 bits per heavy atom. The molecule has 2 aliphatic heterocycles. The maximum absolute atomic E-state index is 13.3. The molecule has 1 amide bonds. The highest BCUT2D eigenvalue weighted by Gasteiger charge is 2.41. The van der Waals surface area contributed by atoms with E-state index in [9.17, 15) is 13.6 Å². The zero-order chi connectivity index (χ0) is 18.9. The number of halogens is 2. The highest BCUT2D eigenvalue weighted by Crippen LogP contribution is 2.31. The van der Waals surface area contributed by atoms with Gasteiger partial charge in [0.05, 0.1) is 13.2 Å². The molecule has 2 aromatic rings. The lowest BCUT2D eigenvalue weighted by molar-refractivity contribution is -0.181. The summed E-state index contributed by atoms with van der Waals surface area (Å²) in [6, 6.07) is 6.77. The van der Waals surface area contributed by atoms with Gasteiger partial charge in [0.1, 0.15) is 5.69 Å². The number of nitrogens with zero attached hydrogens (tertiary/aromatic N) is 2. The average molecular weight is 375 g/mol. The molecule has 0 atom stereocenters. The second-order valence-electron chi connectivity index (χ2n) is 6.58. The van der Waals surface area contributed by atoms with E-state index in [0.717, 1.165) is 12.1 Å². The van der Waals surface area contributed by atoms with Crippen molar-refractivity contribution in [2.75, 3.05) is 31.6 Å². The standard InChI is InChI=1S/C19H19F2N3O3/c20-15-2-1-13(11-16(15)21)23-14-3-6-22-17(12-14)18(25)24-7-4-19(5-8-24)26-9-10-27-19/h1-3,6,11-12H,4-5,7-10H2,(H,22,23). The van der Waals surface area contributed by atoms with Crippen LogP contribution in [0.4, 0.5) is 20.2 Å². The fourth-order valence-electron chi connectivity index (χ4n) is 3.36. The smallest absolute Gasteiger partial charge is 0.272 e. The molecule has 27 heavy (non-hydrogen) atoms. The summed E-state index contributed by atoms with van der Waals surface area (Å²) in [5, 5.41) is 2.95. The second kappa shape index (κ2) is 7.21. The molecule has 0 radical (unpaired) electrons. The Kier molecular flexibility index (Phi) is 4.75. The van der Waals surface area contributed by atoms with Crippen LogP contribution in [0.2, 0.25) is 0 Å². The molecular weight excluding hydrogens is 356 g/mol. The van der Waals surface area contributed by atoms with Gasteiger partial charge in [0, 0.05) is 49.6 Å². The predicted octanol–water partition coefficient (Wildman–Crippen LogP) is 3.08. The first-order chi connectivity index (χ1) is 13.0. The summed E-state index contributed by atoms with van der Waals surface area (Å²) in [4.78, 5) is 18.6. The highest BCUT2D eigenvalue weighted by atomic mass is 19.2. The van der Waals surface area contributed by atoms with Crippen molar-refractivity contribution >= 4 is 17.3 Å². The molecule has 2 fully saturated rings. The predicted molar refractivity (Wildman–Crippen MR) is 93.7 cm³/mol.